The van der Waals surface area contributed by atoms with Gasteiger partial charge in [-0.25, -0.2) is 9.78 Å². The van der Waals surface area contributed by atoms with E-state index in [-0.39, 0.29) is 12.1 Å². The van der Waals surface area contributed by atoms with Crippen LogP contribution in [0, 0.1) is 13.8 Å². The predicted molar refractivity (Wildman–Crippen MR) is 80.3 cm³/mol. The lowest BCUT2D eigenvalue weighted by atomic mass is 10.1. The Kier molecular flexibility index (Phi) is 5.14. The lowest BCUT2D eigenvalue weighted by molar-refractivity contribution is 0.107. The average molecular weight is 290 g/mol. The molecule has 0 spiro atoms. The van der Waals surface area contributed by atoms with Gasteiger partial charge in [-0.2, -0.15) is 4.98 Å². The van der Waals surface area contributed by atoms with Gasteiger partial charge in [0.1, 0.15) is 11.9 Å². The van der Waals surface area contributed by atoms with Crippen molar-refractivity contribution in [1.29, 1.82) is 0 Å². The van der Waals surface area contributed by atoms with Crippen LogP contribution in [0.3, 0.4) is 0 Å². The van der Waals surface area contributed by atoms with Gasteiger partial charge < -0.3 is 15.0 Å². The van der Waals surface area contributed by atoms with E-state index in [2.05, 4.69) is 21.9 Å². The van der Waals surface area contributed by atoms with Gasteiger partial charge in [0.05, 0.1) is 0 Å². The Morgan fingerprint density at radius 3 is 2.81 bits per heavy atom. The van der Waals surface area contributed by atoms with E-state index in [0.717, 1.165) is 18.5 Å². The summed E-state index contributed by atoms with van der Waals surface area (Å²) in [6.45, 7) is 9.24. The minimum absolute atomic E-state index is 0.0397. The highest BCUT2D eigenvalue weighted by atomic mass is 16.5. The van der Waals surface area contributed by atoms with Gasteiger partial charge in [0.2, 0.25) is 5.88 Å². The Balaban J connectivity index is 1.83. The van der Waals surface area contributed by atoms with Gasteiger partial charge in [-0.1, -0.05) is 6.08 Å². The monoisotopic (exact) mass is 290 g/mol. The summed E-state index contributed by atoms with van der Waals surface area (Å²) in [5.74, 6) is 1.33. The number of carbonyl (C=O) groups excluding carboxylic acids is 1. The maximum atomic E-state index is 11.8. The number of piperidine rings is 1. The van der Waals surface area contributed by atoms with E-state index in [9.17, 15) is 4.79 Å². The van der Waals surface area contributed by atoms with Gasteiger partial charge in [-0.05, 0) is 13.8 Å². The summed E-state index contributed by atoms with van der Waals surface area (Å²) in [4.78, 5) is 22.1. The van der Waals surface area contributed by atoms with Crippen LogP contribution in [-0.4, -0.2) is 46.6 Å². The summed E-state index contributed by atoms with van der Waals surface area (Å²) in [5, 5.41) is 2.79. The van der Waals surface area contributed by atoms with Gasteiger partial charge >= 0.3 is 6.03 Å². The molecule has 114 valence electrons. The fraction of sp³-hybridized carbons (Fsp3) is 0.533. The lowest BCUT2D eigenvalue weighted by Gasteiger charge is -2.31. The molecule has 1 saturated heterocycles. The minimum Gasteiger partial charge on any atom is -0.474 e. The Hall–Kier alpha value is -2.11. The second-order valence-corrected chi connectivity index (χ2v) is 5.17. The zero-order chi connectivity index (χ0) is 15.2. The third kappa shape index (κ3) is 4.44. The average Bonchev–Trinajstić information content (AvgIpc) is 2.44. The molecule has 6 heteroatoms. The number of aryl methyl sites for hydroxylation is 2. The van der Waals surface area contributed by atoms with Gasteiger partial charge in [0, 0.05) is 44.2 Å². The highest BCUT2D eigenvalue weighted by Gasteiger charge is 2.24. The molecule has 0 aromatic carbocycles. The second kappa shape index (κ2) is 7.06. The standard InChI is InChI=1S/C15H22N4O2/c1-4-7-16-15(20)19-8-5-13(6-9-19)21-14-10-11(2)17-12(3)18-14/h4,10,13H,1,5-9H2,2-3H3,(H,16,20). The number of likely N-dealkylation sites (tertiary alicyclic amines) is 1. The first-order valence-corrected chi connectivity index (χ1v) is 7.21. The fourth-order valence-electron chi connectivity index (χ4n) is 2.36. The summed E-state index contributed by atoms with van der Waals surface area (Å²) in [7, 11) is 0. The summed E-state index contributed by atoms with van der Waals surface area (Å²) in [6, 6.07) is 1.80. The number of aromatic nitrogens is 2. The van der Waals surface area contributed by atoms with Crippen molar-refractivity contribution < 1.29 is 9.53 Å². The molecule has 0 radical (unpaired) electrons. The van der Waals surface area contributed by atoms with E-state index in [4.69, 9.17) is 4.74 Å². The molecule has 1 aromatic heterocycles. The van der Waals surface area contributed by atoms with Crippen LogP contribution in [-0.2, 0) is 0 Å². The summed E-state index contributed by atoms with van der Waals surface area (Å²) in [5.41, 5.74) is 0.902. The maximum Gasteiger partial charge on any atom is 0.317 e. The number of rotatable bonds is 4. The number of amides is 2. The number of ether oxygens (including phenoxy) is 1. The molecule has 0 saturated carbocycles. The number of carbonyl (C=O) groups is 1. The highest BCUT2D eigenvalue weighted by Crippen LogP contribution is 2.18. The van der Waals surface area contributed by atoms with Crippen LogP contribution in [0.1, 0.15) is 24.4 Å². The maximum absolute atomic E-state index is 11.8. The third-order valence-electron chi connectivity index (χ3n) is 3.36. The highest BCUT2D eigenvalue weighted by molar-refractivity contribution is 5.74. The van der Waals surface area contributed by atoms with E-state index in [1.54, 1.807) is 11.0 Å². The van der Waals surface area contributed by atoms with Crippen molar-refractivity contribution in [2.45, 2.75) is 32.8 Å². The van der Waals surface area contributed by atoms with Crippen molar-refractivity contribution >= 4 is 6.03 Å². The molecule has 6 nitrogen and oxygen atoms in total. The molecule has 1 fully saturated rings. The number of hydrogen-bond donors (Lipinski definition) is 1. The predicted octanol–water partition coefficient (Wildman–Crippen LogP) is 1.83. The molecule has 2 heterocycles. The third-order valence-corrected chi connectivity index (χ3v) is 3.36. The first kappa shape index (κ1) is 15.3. The van der Waals surface area contributed by atoms with Crippen LogP contribution < -0.4 is 10.1 Å². The topological polar surface area (TPSA) is 67.4 Å². The van der Waals surface area contributed by atoms with Crippen LogP contribution in [0.25, 0.3) is 0 Å². The van der Waals surface area contributed by atoms with Gasteiger partial charge in [-0.15, -0.1) is 6.58 Å². The fourth-order valence-corrected chi connectivity index (χ4v) is 2.36. The summed E-state index contributed by atoms with van der Waals surface area (Å²) >= 11 is 0. The molecule has 0 unspecified atom stereocenters. The van der Waals surface area contributed by atoms with Crippen LogP contribution in [0.2, 0.25) is 0 Å². The SMILES string of the molecule is C=CCNC(=O)N1CCC(Oc2cc(C)nc(C)n2)CC1. The summed E-state index contributed by atoms with van der Waals surface area (Å²) < 4.78 is 5.90. The molecule has 2 rings (SSSR count). The van der Waals surface area contributed by atoms with Gasteiger partial charge in [0.15, 0.2) is 0 Å². The number of nitrogens with zero attached hydrogens (tertiary/aromatic N) is 3. The van der Waals surface area contributed by atoms with E-state index in [0.29, 0.717) is 31.3 Å². The molecular formula is C15H22N4O2. The summed E-state index contributed by atoms with van der Waals surface area (Å²) in [6.07, 6.45) is 3.39. The first-order chi connectivity index (χ1) is 10.1. The Bertz CT molecular complexity index is 490. The van der Waals surface area contributed by atoms with E-state index in [1.165, 1.54) is 0 Å². The van der Waals surface area contributed by atoms with Crippen molar-refractivity contribution in [3.8, 4) is 5.88 Å². The Labute approximate surface area is 125 Å². The quantitative estimate of drug-likeness (QED) is 0.859. The van der Waals surface area contributed by atoms with Crippen LogP contribution >= 0.6 is 0 Å². The van der Waals surface area contributed by atoms with E-state index >= 15 is 0 Å². The normalized spacial score (nSPS) is 15.6. The molecule has 0 aliphatic carbocycles. The van der Waals surface area contributed by atoms with Gasteiger partial charge in [-0.3, -0.25) is 0 Å². The van der Waals surface area contributed by atoms with E-state index in [1.807, 2.05) is 19.9 Å². The molecule has 1 aliphatic heterocycles. The van der Waals surface area contributed by atoms with Crippen molar-refractivity contribution in [2.75, 3.05) is 19.6 Å². The Morgan fingerprint density at radius 1 is 1.48 bits per heavy atom. The second-order valence-electron chi connectivity index (χ2n) is 5.17. The first-order valence-electron chi connectivity index (χ1n) is 7.21. The van der Waals surface area contributed by atoms with Crippen LogP contribution in [0.5, 0.6) is 5.88 Å². The largest absolute Gasteiger partial charge is 0.474 e. The smallest absolute Gasteiger partial charge is 0.317 e. The zero-order valence-electron chi connectivity index (χ0n) is 12.6. The van der Waals surface area contributed by atoms with Crippen molar-refractivity contribution in [2.24, 2.45) is 0 Å². The van der Waals surface area contributed by atoms with Crippen molar-refractivity contribution in [1.82, 2.24) is 20.2 Å². The molecule has 2 amide bonds. The van der Waals surface area contributed by atoms with E-state index < -0.39 is 0 Å². The molecule has 21 heavy (non-hydrogen) atoms. The molecule has 1 aliphatic rings. The Morgan fingerprint density at radius 2 is 2.19 bits per heavy atom. The number of nitrogens with one attached hydrogen (secondary N) is 1. The molecule has 1 aromatic rings. The van der Waals surface area contributed by atoms with Crippen LogP contribution in [0.15, 0.2) is 18.7 Å². The van der Waals surface area contributed by atoms with Crippen molar-refractivity contribution in [3.05, 3.63) is 30.2 Å². The molecule has 1 N–H and O–H groups in total. The number of hydrogen-bond acceptors (Lipinski definition) is 4. The lowest BCUT2D eigenvalue weighted by Crippen LogP contribution is -2.46. The molecule has 0 bridgehead atoms. The van der Waals surface area contributed by atoms with Gasteiger partial charge in [0.25, 0.3) is 0 Å². The van der Waals surface area contributed by atoms with Crippen LogP contribution in [0.4, 0.5) is 4.79 Å². The molecule has 0 atom stereocenters. The number of urea groups is 1. The zero-order valence-corrected chi connectivity index (χ0v) is 12.6. The minimum atomic E-state index is -0.0397. The molecular weight excluding hydrogens is 268 g/mol. The van der Waals surface area contributed by atoms with Crippen molar-refractivity contribution in [3.63, 3.8) is 0 Å².